The number of hydrogen-bond acceptors (Lipinski definition) is 4. The Morgan fingerprint density at radius 1 is 1.25 bits per heavy atom. The van der Waals surface area contributed by atoms with Crippen LogP contribution in [0.15, 0.2) is 34.8 Å². The van der Waals surface area contributed by atoms with Gasteiger partial charge in [0.2, 0.25) is 0 Å². The van der Waals surface area contributed by atoms with Crippen molar-refractivity contribution in [3.63, 3.8) is 0 Å². The Morgan fingerprint density at radius 3 is 2.33 bits per heavy atom. The van der Waals surface area contributed by atoms with Gasteiger partial charge in [0.25, 0.3) is 0 Å². The van der Waals surface area contributed by atoms with Crippen molar-refractivity contribution < 1.29 is 19.0 Å². The average Bonchev–Trinajstić information content (AvgIpc) is 2.52. The summed E-state index contributed by atoms with van der Waals surface area (Å²) in [5.41, 5.74) is 1.87. The molecule has 0 saturated heterocycles. The molecule has 1 rings (SSSR count). The molecule has 0 amide bonds. The Kier molecular flexibility index (Phi) is 8.61. The van der Waals surface area contributed by atoms with Gasteiger partial charge in [0.05, 0.1) is 19.8 Å². The normalized spacial score (nSPS) is 12.0. The largest absolute Gasteiger partial charge is 0.496 e. The number of ether oxygens (including phenoxy) is 3. The van der Waals surface area contributed by atoms with Crippen molar-refractivity contribution in [1.82, 2.24) is 0 Å². The third kappa shape index (κ3) is 6.79. The molecule has 24 heavy (non-hydrogen) atoms. The number of carbonyl (C=O) groups is 1. The molecule has 0 radical (unpaired) electrons. The summed E-state index contributed by atoms with van der Waals surface area (Å²) in [7, 11) is 3.20. The van der Waals surface area contributed by atoms with Crippen LogP contribution in [-0.4, -0.2) is 26.3 Å². The van der Waals surface area contributed by atoms with Gasteiger partial charge < -0.3 is 14.2 Å². The summed E-state index contributed by atoms with van der Waals surface area (Å²) < 4.78 is 17.0. The molecule has 1 unspecified atom stereocenters. The van der Waals surface area contributed by atoms with E-state index in [9.17, 15) is 4.79 Å². The van der Waals surface area contributed by atoms with E-state index in [2.05, 4.69) is 22.5 Å². The zero-order valence-corrected chi connectivity index (χ0v) is 16.3. The molecular weight excluding hydrogens is 372 g/mol. The van der Waals surface area contributed by atoms with Gasteiger partial charge in [-0.3, -0.25) is 4.79 Å². The van der Waals surface area contributed by atoms with Crippen molar-refractivity contribution in [3.8, 4) is 11.5 Å². The first-order valence-corrected chi connectivity index (χ1v) is 8.60. The van der Waals surface area contributed by atoms with Crippen LogP contribution in [0.4, 0.5) is 0 Å². The molecule has 4 nitrogen and oxygen atoms in total. The van der Waals surface area contributed by atoms with Crippen LogP contribution >= 0.6 is 15.9 Å². The first-order chi connectivity index (χ1) is 11.4. The molecule has 0 fully saturated rings. The lowest BCUT2D eigenvalue weighted by Crippen LogP contribution is -2.12. The second-order valence-electron chi connectivity index (χ2n) is 5.59. The van der Waals surface area contributed by atoms with Crippen LogP contribution < -0.4 is 9.47 Å². The van der Waals surface area contributed by atoms with Crippen LogP contribution in [0.3, 0.4) is 0 Å². The first kappa shape index (κ1) is 20.3. The predicted molar refractivity (Wildman–Crippen MR) is 100 cm³/mol. The summed E-state index contributed by atoms with van der Waals surface area (Å²) in [5, 5.41) is 0. The molecule has 132 valence electrons. The lowest BCUT2D eigenvalue weighted by Gasteiger charge is -2.12. The van der Waals surface area contributed by atoms with E-state index in [4.69, 9.17) is 14.2 Å². The van der Waals surface area contributed by atoms with Crippen molar-refractivity contribution in [2.45, 2.75) is 39.2 Å². The SMILES string of the molecule is C=C(C)CCCC(=O)OC(C)/C=C/c1c(OC)cc(Br)cc1OC. The number of hydrogen-bond donors (Lipinski definition) is 0. The van der Waals surface area contributed by atoms with Crippen LogP contribution in [0.25, 0.3) is 6.08 Å². The van der Waals surface area contributed by atoms with E-state index in [0.29, 0.717) is 17.9 Å². The van der Waals surface area contributed by atoms with Crippen molar-refractivity contribution in [3.05, 3.63) is 40.4 Å². The van der Waals surface area contributed by atoms with Crippen molar-refractivity contribution in [1.29, 1.82) is 0 Å². The minimum atomic E-state index is -0.333. The van der Waals surface area contributed by atoms with Gasteiger partial charge in [-0.2, -0.15) is 0 Å². The molecule has 0 bridgehead atoms. The van der Waals surface area contributed by atoms with Gasteiger partial charge in [0, 0.05) is 10.9 Å². The Morgan fingerprint density at radius 2 is 1.83 bits per heavy atom. The van der Waals surface area contributed by atoms with Gasteiger partial charge in [0.1, 0.15) is 17.6 Å². The molecule has 0 aromatic heterocycles. The number of methoxy groups -OCH3 is 2. The van der Waals surface area contributed by atoms with Gasteiger partial charge >= 0.3 is 5.97 Å². The third-order valence-corrected chi connectivity index (χ3v) is 3.80. The minimum Gasteiger partial charge on any atom is -0.496 e. The second-order valence-corrected chi connectivity index (χ2v) is 6.50. The first-order valence-electron chi connectivity index (χ1n) is 7.81. The maximum absolute atomic E-state index is 11.8. The maximum atomic E-state index is 11.8. The molecule has 1 aromatic carbocycles. The van der Waals surface area contributed by atoms with E-state index < -0.39 is 0 Å². The molecule has 5 heteroatoms. The topological polar surface area (TPSA) is 44.8 Å². The van der Waals surface area contributed by atoms with Crippen LogP contribution in [0, 0.1) is 0 Å². The summed E-state index contributed by atoms with van der Waals surface area (Å²) in [6, 6.07) is 3.72. The van der Waals surface area contributed by atoms with Gasteiger partial charge in [-0.05, 0) is 51.0 Å². The third-order valence-electron chi connectivity index (χ3n) is 3.34. The molecular formula is C19H25BrO4. The standard InChI is InChI=1S/C19H25BrO4/c1-13(2)7-6-8-19(21)24-14(3)9-10-16-17(22-4)11-15(20)12-18(16)23-5/h9-12,14H,1,6-8H2,2-5H3/b10-9+. The van der Waals surface area contributed by atoms with E-state index in [-0.39, 0.29) is 12.1 Å². The lowest BCUT2D eigenvalue weighted by molar-refractivity contribution is -0.146. The number of esters is 1. The van der Waals surface area contributed by atoms with Gasteiger partial charge in [-0.25, -0.2) is 0 Å². The van der Waals surface area contributed by atoms with Gasteiger partial charge in [-0.15, -0.1) is 6.58 Å². The summed E-state index contributed by atoms with van der Waals surface area (Å²) in [4.78, 5) is 11.8. The van der Waals surface area contributed by atoms with Crippen molar-refractivity contribution in [2.75, 3.05) is 14.2 Å². The van der Waals surface area contributed by atoms with Crippen molar-refractivity contribution >= 4 is 28.0 Å². The van der Waals surface area contributed by atoms with Gasteiger partial charge in [-0.1, -0.05) is 21.5 Å². The molecule has 0 aliphatic heterocycles. The van der Waals surface area contributed by atoms with Crippen LogP contribution in [0.2, 0.25) is 0 Å². The number of halogens is 1. The number of benzene rings is 1. The minimum absolute atomic E-state index is 0.205. The zero-order chi connectivity index (χ0) is 18.1. The molecule has 0 saturated carbocycles. The number of rotatable bonds is 9. The van der Waals surface area contributed by atoms with Crippen LogP contribution in [0.5, 0.6) is 11.5 Å². The summed E-state index contributed by atoms with van der Waals surface area (Å²) in [6.07, 6.45) is 5.32. The number of carbonyl (C=O) groups excluding carboxylic acids is 1. The van der Waals surface area contributed by atoms with E-state index in [1.807, 2.05) is 38.1 Å². The van der Waals surface area contributed by atoms with E-state index in [1.54, 1.807) is 14.2 Å². The molecule has 1 atom stereocenters. The summed E-state index contributed by atoms with van der Waals surface area (Å²) >= 11 is 3.42. The highest BCUT2D eigenvalue weighted by Crippen LogP contribution is 2.34. The highest BCUT2D eigenvalue weighted by molar-refractivity contribution is 9.10. The van der Waals surface area contributed by atoms with E-state index in [1.165, 1.54) is 0 Å². The van der Waals surface area contributed by atoms with Crippen molar-refractivity contribution in [2.24, 2.45) is 0 Å². The second kappa shape index (κ2) is 10.2. The summed E-state index contributed by atoms with van der Waals surface area (Å²) in [5.74, 6) is 1.15. The fraction of sp³-hybridized carbons (Fsp3) is 0.421. The Bertz CT molecular complexity index is 582. The highest BCUT2D eigenvalue weighted by atomic mass is 79.9. The Balaban J connectivity index is 2.71. The molecule has 0 heterocycles. The van der Waals surface area contributed by atoms with Crippen LogP contribution in [-0.2, 0) is 9.53 Å². The van der Waals surface area contributed by atoms with E-state index >= 15 is 0 Å². The fourth-order valence-corrected chi connectivity index (χ4v) is 2.56. The Labute approximate surface area is 152 Å². The summed E-state index contributed by atoms with van der Waals surface area (Å²) in [6.45, 7) is 7.60. The average molecular weight is 397 g/mol. The molecule has 1 aromatic rings. The van der Waals surface area contributed by atoms with E-state index in [0.717, 1.165) is 28.5 Å². The lowest BCUT2D eigenvalue weighted by atomic mass is 10.1. The zero-order valence-electron chi connectivity index (χ0n) is 14.7. The quantitative estimate of drug-likeness (QED) is 0.427. The fourth-order valence-electron chi connectivity index (χ4n) is 2.14. The van der Waals surface area contributed by atoms with Gasteiger partial charge in [0.15, 0.2) is 0 Å². The maximum Gasteiger partial charge on any atom is 0.306 e. The van der Waals surface area contributed by atoms with Crippen LogP contribution in [0.1, 0.15) is 38.7 Å². The molecule has 0 aliphatic rings. The number of allylic oxidation sites excluding steroid dienone is 1. The molecule has 0 spiro atoms. The molecule has 0 N–H and O–H groups in total. The molecule has 0 aliphatic carbocycles. The predicted octanol–water partition coefficient (Wildman–Crippen LogP) is 5.16. The smallest absolute Gasteiger partial charge is 0.306 e. The monoisotopic (exact) mass is 396 g/mol. The Hall–Kier alpha value is -1.75. The highest BCUT2D eigenvalue weighted by Gasteiger charge is 2.11.